The summed E-state index contributed by atoms with van der Waals surface area (Å²) >= 11 is 12.5. The van der Waals surface area contributed by atoms with Crippen LogP contribution in [0.4, 0.5) is 10.5 Å². The van der Waals surface area contributed by atoms with Gasteiger partial charge in [0.05, 0.1) is 40.2 Å². The fraction of sp³-hybridized carbons (Fsp3) is 0.316. The van der Waals surface area contributed by atoms with Crippen LogP contribution < -0.4 is 10.7 Å². The highest BCUT2D eigenvalue weighted by Crippen LogP contribution is 2.41. The van der Waals surface area contributed by atoms with Crippen molar-refractivity contribution in [2.75, 3.05) is 17.3 Å². The summed E-state index contributed by atoms with van der Waals surface area (Å²) in [5.74, 6) is -0.809. The number of aromatic nitrogens is 3. The fourth-order valence-electron chi connectivity index (χ4n) is 2.80. The Morgan fingerprint density at radius 1 is 1.35 bits per heavy atom. The number of aliphatic hydroxyl groups is 2. The number of aromatic amines is 1. The van der Waals surface area contributed by atoms with Crippen LogP contribution in [0.3, 0.4) is 0 Å². The number of nitrogens with zero attached hydrogens (tertiary/aromatic N) is 2. The first-order valence-electron chi connectivity index (χ1n) is 9.14. The fourth-order valence-corrected chi connectivity index (χ4v) is 3.21. The number of hydrogen-bond acceptors (Lipinski definition) is 6. The lowest BCUT2D eigenvalue weighted by Gasteiger charge is -2.19. The maximum Gasteiger partial charge on any atom is 0.428 e. The van der Waals surface area contributed by atoms with Crippen molar-refractivity contribution in [2.45, 2.75) is 32.5 Å². The molecule has 0 spiro atoms. The van der Waals surface area contributed by atoms with Crippen molar-refractivity contribution >= 4 is 51.8 Å². The van der Waals surface area contributed by atoms with Gasteiger partial charge in [0.15, 0.2) is 6.10 Å². The highest BCUT2D eigenvalue weighted by atomic mass is 35.5. The number of anilines is 1. The maximum absolute atomic E-state index is 12.1. The maximum atomic E-state index is 12.1. The van der Waals surface area contributed by atoms with Crippen molar-refractivity contribution in [2.24, 2.45) is 0 Å². The lowest BCUT2D eigenvalue weighted by atomic mass is 10.1. The SMILES string of the molecule is CC(C)(C)OC(=O)Nn1cc(-c2c[nH]c3c(Cl)c(Cl)cc(NC(=O)C(O)CO)c23)cn1. The monoisotopic (exact) mass is 469 g/mol. The Labute approximate surface area is 187 Å². The van der Waals surface area contributed by atoms with Crippen molar-refractivity contribution in [1.29, 1.82) is 0 Å². The van der Waals surface area contributed by atoms with Crippen LogP contribution in [0.1, 0.15) is 20.8 Å². The summed E-state index contributed by atoms with van der Waals surface area (Å²) in [6.45, 7) is 4.49. The van der Waals surface area contributed by atoms with Crippen molar-refractivity contribution < 1.29 is 24.5 Å². The summed E-state index contributed by atoms with van der Waals surface area (Å²) in [6, 6.07) is 1.44. The van der Waals surface area contributed by atoms with Crippen LogP contribution in [0.15, 0.2) is 24.7 Å². The molecule has 166 valence electrons. The molecular weight excluding hydrogens is 449 g/mol. The first-order chi connectivity index (χ1) is 14.5. The minimum atomic E-state index is -1.60. The average Bonchev–Trinajstić information content (AvgIpc) is 3.30. The average molecular weight is 470 g/mol. The third-order valence-electron chi connectivity index (χ3n) is 4.08. The van der Waals surface area contributed by atoms with Crippen molar-refractivity contribution in [3.8, 4) is 11.1 Å². The molecule has 0 saturated carbocycles. The van der Waals surface area contributed by atoms with E-state index in [0.717, 1.165) is 0 Å². The Bertz CT molecular complexity index is 1130. The third-order valence-corrected chi connectivity index (χ3v) is 4.87. The Morgan fingerprint density at radius 2 is 2.06 bits per heavy atom. The molecule has 2 aromatic heterocycles. The van der Waals surface area contributed by atoms with Gasteiger partial charge in [0.25, 0.3) is 5.91 Å². The molecule has 3 rings (SSSR count). The normalized spacial score (nSPS) is 12.6. The molecule has 0 aliphatic rings. The van der Waals surface area contributed by atoms with E-state index in [2.05, 4.69) is 20.8 Å². The van der Waals surface area contributed by atoms with E-state index in [9.17, 15) is 14.7 Å². The number of halogens is 2. The number of hydrogen-bond donors (Lipinski definition) is 5. The number of carbonyl (C=O) groups is 2. The molecule has 1 aromatic carbocycles. The summed E-state index contributed by atoms with van der Waals surface area (Å²) < 4.78 is 5.20. The molecule has 0 radical (unpaired) electrons. The van der Waals surface area contributed by atoms with Gasteiger partial charge in [-0.25, -0.2) is 10.2 Å². The zero-order valence-electron chi connectivity index (χ0n) is 16.9. The molecule has 2 heterocycles. The highest BCUT2D eigenvalue weighted by Gasteiger charge is 2.21. The number of carbonyl (C=O) groups excluding carboxylic acids is 2. The lowest BCUT2D eigenvalue weighted by molar-refractivity contribution is -0.125. The van der Waals surface area contributed by atoms with Crippen LogP contribution in [0, 0.1) is 0 Å². The van der Waals surface area contributed by atoms with Crippen LogP contribution in [-0.2, 0) is 9.53 Å². The first kappa shape index (κ1) is 22.9. The molecule has 0 fully saturated rings. The molecular formula is C19H21Cl2N5O5. The van der Waals surface area contributed by atoms with Gasteiger partial charge in [-0.15, -0.1) is 0 Å². The topological polar surface area (TPSA) is 142 Å². The molecule has 1 unspecified atom stereocenters. The van der Waals surface area contributed by atoms with Gasteiger partial charge in [-0.05, 0) is 26.8 Å². The van der Waals surface area contributed by atoms with Gasteiger partial charge < -0.3 is 25.3 Å². The quantitative estimate of drug-likeness (QED) is 0.388. The summed E-state index contributed by atoms with van der Waals surface area (Å²) in [5, 5.41) is 26.2. The highest BCUT2D eigenvalue weighted by molar-refractivity contribution is 6.46. The van der Waals surface area contributed by atoms with E-state index in [0.29, 0.717) is 22.0 Å². The molecule has 5 N–H and O–H groups in total. The first-order valence-corrected chi connectivity index (χ1v) is 9.89. The molecule has 12 heteroatoms. The molecule has 0 bridgehead atoms. The van der Waals surface area contributed by atoms with Crippen LogP contribution in [0.2, 0.25) is 10.0 Å². The molecule has 0 aliphatic heterocycles. The molecule has 0 aliphatic carbocycles. The Balaban J connectivity index is 1.98. The molecule has 0 saturated heterocycles. The summed E-state index contributed by atoms with van der Waals surface area (Å²) in [7, 11) is 0. The Kier molecular flexibility index (Phi) is 6.46. The number of aliphatic hydroxyl groups excluding tert-OH is 2. The minimum Gasteiger partial charge on any atom is -0.443 e. The zero-order valence-corrected chi connectivity index (χ0v) is 18.4. The van der Waals surface area contributed by atoms with Crippen LogP contribution in [0.25, 0.3) is 22.0 Å². The van der Waals surface area contributed by atoms with E-state index in [-0.39, 0.29) is 15.7 Å². The molecule has 10 nitrogen and oxygen atoms in total. The standard InChI is InChI=1S/C19H21Cl2N5O5/c1-19(2,3)31-18(30)25-26-7-9(5-23-26)10-6-22-16-14(10)12(4-11(20)15(16)21)24-17(29)13(28)8-27/h4-7,13,22,27-28H,8H2,1-3H3,(H,24,29)(H,25,30). The van der Waals surface area contributed by atoms with Crippen LogP contribution in [-0.4, -0.2) is 55.4 Å². The van der Waals surface area contributed by atoms with Gasteiger partial charge in [-0.3, -0.25) is 4.79 Å². The van der Waals surface area contributed by atoms with Gasteiger partial charge in [-0.2, -0.15) is 9.89 Å². The zero-order chi connectivity index (χ0) is 22.9. The number of ether oxygens (including phenoxy) is 1. The van der Waals surface area contributed by atoms with Gasteiger partial charge >= 0.3 is 6.09 Å². The van der Waals surface area contributed by atoms with E-state index in [1.165, 1.54) is 17.1 Å². The molecule has 2 amide bonds. The van der Waals surface area contributed by atoms with Crippen LogP contribution in [0.5, 0.6) is 0 Å². The number of H-pyrrole nitrogens is 1. The molecule has 3 aromatic rings. The number of amides is 2. The second-order valence-electron chi connectivity index (χ2n) is 7.65. The number of rotatable bonds is 5. The molecule has 31 heavy (non-hydrogen) atoms. The predicted molar refractivity (Wildman–Crippen MR) is 117 cm³/mol. The third kappa shape index (κ3) is 5.10. The second kappa shape index (κ2) is 8.75. The van der Waals surface area contributed by atoms with Gasteiger partial charge in [0.2, 0.25) is 0 Å². The summed E-state index contributed by atoms with van der Waals surface area (Å²) in [4.78, 5) is 28.3. The second-order valence-corrected chi connectivity index (χ2v) is 8.43. The minimum absolute atomic E-state index is 0.179. The van der Waals surface area contributed by atoms with Gasteiger partial charge in [0.1, 0.15) is 5.60 Å². The summed E-state index contributed by atoms with van der Waals surface area (Å²) in [6.07, 6.45) is 2.40. The van der Waals surface area contributed by atoms with E-state index >= 15 is 0 Å². The summed E-state index contributed by atoms with van der Waals surface area (Å²) in [5.41, 5.74) is 3.71. The largest absolute Gasteiger partial charge is 0.443 e. The number of fused-ring (bicyclic) bond motifs is 1. The van der Waals surface area contributed by atoms with E-state index in [4.69, 9.17) is 33.0 Å². The Morgan fingerprint density at radius 3 is 2.71 bits per heavy atom. The van der Waals surface area contributed by atoms with E-state index in [1.54, 1.807) is 33.2 Å². The van der Waals surface area contributed by atoms with Crippen molar-refractivity contribution in [3.63, 3.8) is 0 Å². The van der Waals surface area contributed by atoms with E-state index < -0.39 is 30.3 Å². The predicted octanol–water partition coefficient (Wildman–Crippen LogP) is 3.11. The van der Waals surface area contributed by atoms with Crippen LogP contribution >= 0.6 is 23.2 Å². The lowest BCUT2D eigenvalue weighted by Crippen LogP contribution is -2.31. The smallest absolute Gasteiger partial charge is 0.428 e. The van der Waals surface area contributed by atoms with Crippen molar-refractivity contribution in [1.82, 2.24) is 14.9 Å². The van der Waals surface area contributed by atoms with Gasteiger partial charge in [-0.1, -0.05) is 23.2 Å². The number of benzene rings is 1. The number of nitrogens with one attached hydrogen (secondary N) is 3. The molecule has 1 atom stereocenters. The van der Waals surface area contributed by atoms with E-state index in [1.807, 2.05) is 0 Å². The van der Waals surface area contributed by atoms with Crippen molar-refractivity contribution in [3.05, 3.63) is 34.7 Å². The van der Waals surface area contributed by atoms with Gasteiger partial charge in [0, 0.05) is 22.7 Å². The Hall–Kier alpha value is -2.79.